The highest BCUT2D eigenvalue weighted by molar-refractivity contribution is 7.99. The predicted molar refractivity (Wildman–Crippen MR) is 121 cm³/mol. The van der Waals surface area contributed by atoms with E-state index < -0.39 is 10.1 Å². The summed E-state index contributed by atoms with van der Waals surface area (Å²) in [4.78, 5) is 2.21. The summed E-state index contributed by atoms with van der Waals surface area (Å²) in [6.07, 6.45) is 1.05. The van der Waals surface area contributed by atoms with Crippen LogP contribution in [0.4, 0.5) is 0 Å². The van der Waals surface area contributed by atoms with Crippen LogP contribution in [-0.4, -0.2) is 31.1 Å². The Labute approximate surface area is 184 Å². The van der Waals surface area contributed by atoms with E-state index in [1.807, 2.05) is 48.5 Å². The molecular formula is C23H20N2O4S2. The maximum Gasteiger partial charge on any atom is 0.264 e. The van der Waals surface area contributed by atoms with Crippen molar-refractivity contribution in [1.29, 1.82) is 0 Å². The van der Waals surface area contributed by atoms with Crippen molar-refractivity contribution < 1.29 is 17.3 Å². The number of aromatic nitrogens is 2. The first-order valence-electron chi connectivity index (χ1n) is 9.81. The zero-order chi connectivity index (χ0) is 21.4. The van der Waals surface area contributed by atoms with Crippen LogP contribution >= 0.6 is 11.8 Å². The van der Waals surface area contributed by atoms with Crippen molar-refractivity contribution in [2.24, 2.45) is 0 Å². The number of nitrogens with zero attached hydrogens (tertiary/aromatic N) is 2. The minimum absolute atomic E-state index is 0.0221. The molecule has 0 radical (unpaired) electrons. The predicted octanol–water partition coefficient (Wildman–Crippen LogP) is 4.72. The molecule has 0 N–H and O–H groups in total. The summed E-state index contributed by atoms with van der Waals surface area (Å²) in [6.45, 7) is 0.803. The molecule has 0 unspecified atom stereocenters. The minimum Gasteiger partial charge on any atom is -0.489 e. The number of hydrogen-bond acceptors (Lipinski definition) is 6. The Morgan fingerprint density at radius 3 is 2.58 bits per heavy atom. The maximum atomic E-state index is 11.4. The van der Waals surface area contributed by atoms with Gasteiger partial charge < -0.3 is 4.74 Å². The van der Waals surface area contributed by atoms with E-state index in [2.05, 4.69) is 18.2 Å². The summed E-state index contributed by atoms with van der Waals surface area (Å²) in [5.74, 6) is 0.745. The average molecular weight is 453 g/mol. The fraction of sp³-hybridized carbons (Fsp3) is 0.174. The van der Waals surface area contributed by atoms with Gasteiger partial charge >= 0.3 is 0 Å². The molecule has 0 amide bonds. The molecule has 0 fully saturated rings. The third kappa shape index (κ3) is 4.19. The van der Waals surface area contributed by atoms with Crippen LogP contribution in [-0.2, 0) is 27.5 Å². The molecule has 1 aliphatic rings. The van der Waals surface area contributed by atoms with E-state index in [4.69, 9.17) is 14.0 Å². The molecule has 6 nitrogen and oxygen atoms in total. The van der Waals surface area contributed by atoms with Crippen molar-refractivity contribution in [2.75, 3.05) is 12.9 Å². The van der Waals surface area contributed by atoms with E-state index in [0.717, 1.165) is 49.5 Å². The Morgan fingerprint density at radius 1 is 1.00 bits per heavy atom. The van der Waals surface area contributed by atoms with Gasteiger partial charge in [0.1, 0.15) is 18.1 Å². The smallest absolute Gasteiger partial charge is 0.264 e. The van der Waals surface area contributed by atoms with Crippen molar-refractivity contribution in [3.63, 3.8) is 0 Å². The van der Waals surface area contributed by atoms with Crippen molar-refractivity contribution >= 4 is 32.8 Å². The molecule has 8 heteroatoms. The van der Waals surface area contributed by atoms with Crippen molar-refractivity contribution in [3.05, 3.63) is 72.3 Å². The molecule has 158 valence electrons. The van der Waals surface area contributed by atoms with Crippen LogP contribution in [0.5, 0.6) is 5.75 Å². The molecule has 0 saturated heterocycles. The second-order valence-corrected chi connectivity index (χ2v) is 10.0. The van der Waals surface area contributed by atoms with Gasteiger partial charge in [-0.05, 0) is 17.7 Å². The topological polar surface area (TPSA) is 70.4 Å². The van der Waals surface area contributed by atoms with Crippen molar-refractivity contribution in [3.8, 4) is 17.0 Å². The molecule has 0 aliphatic carbocycles. The Balaban J connectivity index is 1.54. The summed E-state index contributed by atoms with van der Waals surface area (Å²) in [5.41, 5.74) is 3.96. The van der Waals surface area contributed by atoms with Gasteiger partial charge in [0.05, 0.1) is 24.9 Å². The molecule has 31 heavy (non-hydrogen) atoms. The highest BCUT2D eigenvalue weighted by atomic mass is 32.2. The number of ether oxygens (including phenoxy) is 1. The second-order valence-electron chi connectivity index (χ2n) is 7.29. The minimum atomic E-state index is -3.51. The number of rotatable bonds is 7. The van der Waals surface area contributed by atoms with Gasteiger partial charge in [0.2, 0.25) is 0 Å². The molecule has 1 aromatic heterocycles. The van der Waals surface area contributed by atoms with E-state index in [9.17, 15) is 8.42 Å². The molecule has 0 atom stereocenters. The molecule has 3 aromatic carbocycles. The van der Waals surface area contributed by atoms with Crippen LogP contribution in [0.15, 0.2) is 76.5 Å². The molecule has 0 saturated carbocycles. The van der Waals surface area contributed by atoms with Crippen LogP contribution in [0.1, 0.15) is 5.56 Å². The van der Waals surface area contributed by atoms with Gasteiger partial charge in [-0.2, -0.15) is 13.5 Å². The second kappa shape index (κ2) is 8.03. The van der Waals surface area contributed by atoms with Crippen LogP contribution in [0.3, 0.4) is 0 Å². The van der Waals surface area contributed by atoms with E-state index in [1.165, 1.54) is 0 Å². The first kappa shape index (κ1) is 20.1. The Kier molecular flexibility index (Phi) is 5.21. The lowest BCUT2D eigenvalue weighted by Crippen LogP contribution is -2.11. The third-order valence-electron chi connectivity index (χ3n) is 5.00. The average Bonchev–Trinajstić information content (AvgIpc) is 3.12. The van der Waals surface area contributed by atoms with Gasteiger partial charge in [-0.25, -0.2) is 0 Å². The van der Waals surface area contributed by atoms with Crippen LogP contribution < -0.4 is 4.74 Å². The lowest BCUT2D eigenvalue weighted by atomic mass is 10.1. The molecule has 0 spiro atoms. The van der Waals surface area contributed by atoms with Gasteiger partial charge in [-0.1, -0.05) is 60.3 Å². The quantitative estimate of drug-likeness (QED) is 0.333. The standard InChI is InChI=1S/C23H20N2O4S2/c1-31(26,27)29-12-11-25-19-13-17(28-15-16-7-3-2-4-8-16)14-21-22(19)23(24-25)18-9-5-6-10-20(18)30-21/h2-10,13-14H,11-12,15H2,1H3. The molecule has 5 rings (SSSR count). The molecule has 1 aliphatic heterocycles. The van der Waals surface area contributed by atoms with Gasteiger partial charge in [-0.3, -0.25) is 8.86 Å². The first-order valence-corrected chi connectivity index (χ1v) is 12.4. The maximum absolute atomic E-state index is 11.4. The SMILES string of the molecule is CS(=O)(=O)OCCn1nc2c3c(cc(OCc4ccccc4)cc31)Sc1ccccc1-2. The zero-order valence-corrected chi connectivity index (χ0v) is 18.4. The monoisotopic (exact) mass is 452 g/mol. The van der Waals surface area contributed by atoms with Crippen LogP contribution in [0.25, 0.3) is 22.2 Å². The summed E-state index contributed by atoms with van der Waals surface area (Å²) in [5, 5.41) is 5.86. The normalized spacial score (nSPS) is 12.7. The largest absolute Gasteiger partial charge is 0.489 e. The molecule has 0 bridgehead atoms. The third-order valence-corrected chi connectivity index (χ3v) is 6.71. The van der Waals surface area contributed by atoms with Crippen LogP contribution in [0.2, 0.25) is 0 Å². The molecule has 4 aromatic rings. The van der Waals surface area contributed by atoms with Crippen molar-refractivity contribution in [2.45, 2.75) is 22.9 Å². The molecular weight excluding hydrogens is 432 g/mol. The summed E-state index contributed by atoms with van der Waals surface area (Å²) < 4.78 is 35.6. The Hall–Kier alpha value is -2.81. The van der Waals surface area contributed by atoms with E-state index >= 15 is 0 Å². The number of hydrogen-bond donors (Lipinski definition) is 0. The van der Waals surface area contributed by atoms with E-state index in [-0.39, 0.29) is 6.61 Å². The number of fused-ring (bicyclic) bond motifs is 2. The summed E-state index contributed by atoms with van der Waals surface area (Å²) >= 11 is 1.69. The fourth-order valence-corrected chi connectivity index (χ4v) is 5.16. The molecule has 2 heterocycles. The Bertz CT molecular complexity index is 1370. The number of benzene rings is 3. The van der Waals surface area contributed by atoms with Crippen LogP contribution in [0, 0.1) is 0 Å². The van der Waals surface area contributed by atoms with Gasteiger partial charge in [-0.15, -0.1) is 0 Å². The lowest BCUT2D eigenvalue weighted by molar-refractivity contribution is 0.298. The first-order chi connectivity index (χ1) is 15.0. The fourth-order valence-electron chi connectivity index (χ4n) is 3.65. The summed E-state index contributed by atoms with van der Waals surface area (Å²) in [7, 11) is -3.51. The van der Waals surface area contributed by atoms with E-state index in [0.29, 0.717) is 13.2 Å². The Morgan fingerprint density at radius 2 is 1.77 bits per heavy atom. The summed E-state index contributed by atoms with van der Waals surface area (Å²) in [6, 6.07) is 22.2. The van der Waals surface area contributed by atoms with Gasteiger partial charge in [0.25, 0.3) is 10.1 Å². The highest BCUT2D eigenvalue weighted by Gasteiger charge is 2.25. The van der Waals surface area contributed by atoms with E-state index in [1.54, 1.807) is 16.4 Å². The zero-order valence-electron chi connectivity index (χ0n) is 16.8. The highest BCUT2D eigenvalue weighted by Crippen LogP contribution is 2.48. The van der Waals surface area contributed by atoms with Crippen molar-refractivity contribution in [1.82, 2.24) is 9.78 Å². The lowest BCUT2D eigenvalue weighted by Gasteiger charge is -2.16. The van der Waals surface area contributed by atoms with Gasteiger partial charge in [0.15, 0.2) is 0 Å². The van der Waals surface area contributed by atoms with Gasteiger partial charge in [0, 0.05) is 26.8 Å².